The summed E-state index contributed by atoms with van der Waals surface area (Å²) in [5.41, 5.74) is 4.90. The molecule has 3 aliphatic heterocycles. The second kappa shape index (κ2) is 10.2. The minimum atomic E-state index is 0.0692. The van der Waals surface area contributed by atoms with Crippen LogP contribution in [0.3, 0.4) is 0 Å². The molecule has 188 valence electrons. The van der Waals surface area contributed by atoms with Crippen molar-refractivity contribution in [3.05, 3.63) is 41.7 Å². The van der Waals surface area contributed by atoms with Gasteiger partial charge in [0.25, 0.3) is 0 Å². The molecule has 9 heteroatoms. The molecule has 1 aliphatic carbocycles. The van der Waals surface area contributed by atoms with Crippen molar-refractivity contribution in [3.8, 4) is 0 Å². The maximum absolute atomic E-state index is 12.4. The zero-order chi connectivity index (χ0) is 23.6. The second-order valence-electron chi connectivity index (χ2n) is 10.5. The number of hydrazine groups is 1. The van der Waals surface area contributed by atoms with Gasteiger partial charge in [-0.2, -0.15) is 0 Å². The van der Waals surface area contributed by atoms with Gasteiger partial charge in [0, 0.05) is 37.9 Å². The molecule has 2 saturated heterocycles. The van der Waals surface area contributed by atoms with Crippen LogP contribution in [-0.4, -0.2) is 57.9 Å². The second-order valence-corrected chi connectivity index (χ2v) is 10.5. The van der Waals surface area contributed by atoms with E-state index in [0.29, 0.717) is 18.4 Å². The molecule has 4 aliphatic rings. The largest absolute Gasteiger partial charge is 0.355 e. The van der Waals surface area contributed by atoms with Crippen LogP contribution >= 0.6 is 0 Å². The van der Waals surface area contributed by atoms with E-state index < -0.39 is 0 Å². The van der Waals surface area contributed by atoms with Crippen LogP contribution in [0.2, 0.25) is 0 Å². The predicted octanol–water partition coefficient (Wildman–Crippen LogP) is 2.50. The Morgan fingerprint density at radius 1 is 1.06 bits per heavy atom. The number of nitrogens with zero attached hydrogens (tertiary/aromatic N) is 5. The molecule has 3 fully saturated rings. The highest BCUT2D eigenvalue weighted by Gasteiger charge is 2.48. The SMILES string of the molecule is O=C(CCCc1nnc2n1C1CCCCC1C1NC(c3ccccc3)NN21)NCCN1CCCC1. The number of amides is 1. The van der Waals surface area contributed by atoms with Crippen LogP contribution in [0.25, 0.3) is 0 Å². The summed E-state index contributed by atoms with van der Waals surface area (Å²) in [5.74, 6) is 2.59. The summed E-state index contributed by atoms with van der Waals surface area (Å²) in [6.07, 6.45) is 9.88. The smallest absolute Gasteiger partial charge is 0.243 e. The van der Waals surface area contributed by atoms with E-state index in [0.717, 1.165) is 37.7 Å². The first kappa shape index (κ1) is 22.9. The highest BCUT2D eigenvalue weighted by Crippen LogP contribution is 2.45. The maximum Gasteiger partial charge on any atom is 0.243 e. The molecule has 0 radical (unpaired) electrons. The van der Waals surface area contributed by atoms with Gasteiger partial charge in [-0.1, -0.05) is 43.2 Å². The summed E-state index contributed by atoms with van der Waals surface area (Å²) in [4.78, 5) is 14.8. The Morgan fingerprint density at radius 2 is 1.89 bits per heavy atom. The zero-order valence-electron chi connectivity index (χ0n) is 20.5. The van der Waals surface area contributed by atoms with Crippen molar-refractivity contribution in [1.29, 1.82) is 0 Å². The quantitative estimate of drug-likeness (QED) is 0.537. The Hall–Kier alpha value is -2.49. The fourth-order valence-electron chi connectivity index (χ4n) is 6.49. The first-order valence-corrected chi connectivity index (χ1v) is 13.6. The lowest BCUT2D eigenvalue weighted by Crippen LogP contribution is -2.53. The van der Waals surface area contributed by atoms with Crippen molar-refractivity contribution in [2.75, 3.05) is 31.2 Å². The van der Waals surface area contributed by atoms with E-state index in [2.05, 4.69) is 71.1 Å². The number of rotatable bonds is 8. The number of aromatic nitrogens is 3. The van der Waals surface area contributed by atoms with E-state index in [9.17, 15) is 4.79 Å². The maximum atomic E-state index is 12.4. The fraction of sp³-hybridized carbons (Fsp3) is 0.654. The Morgan fingerprint density at radius 3 is 2.74 bits per heavy atom. The highest BCUT2D eigenvalue weighted by molar-refractivity contribution is 5.75. The van der Waals surface area contributed by atoms with E-state index in [1.165, 1.54) is 57.2 Å². The molecule has 1 aromatic carbocycles. The van der Waals surface area contributed by atoms with E-state index >= 15 is 0 Å². The van der Waals surface area contributed by atoms with Crippen LogP contribution < -0.4 is 21.1 Å². The number of likely N-dealkylation sites (tertiary alicyclic amines) is 1. The van der Waals surface area contributed by atoms with E-state index in [1.807, 2.05) is 0 Å². The number of hydrogen-bond acceptors (Lipinski definition) is 7. The minimum absolute atomic E-state index is 0.0692. The van der Waals surface area contributed by atoms with Crippen LogP contribution in [-0.2, 0) is 11.2 Å². The van der Waals surface area contributed by atoms with Gasteiger partial charge in [-0.3, -0.25) is 19.7 Å². The summed E-state index contributed by atoms with van der Waals surface area (Å²) >= 11 is 0. The van der Waals surface area contributed by atoms with Gasteiger partial charge in [-0.25, -0.2) is 5.43 Å². The Bertz CT molecular complexity index is 1000. The Kier molecular flexibility index (Phi) is 6.71. The molecule has 0 spiro atoms. The molecule has 6 rings (SSSR count). The van der Waals surface area contributed by atoms with Crippen molar-refractivity contribution >= 4 is 11.9 Å². The van der Waals surface area contributed by atoms with Gasteiger partial charge in [0.2, 0.25) is 11.9 Å². The minimum Gasteiger partial charge on any atom is -0.355 e. The number of hydrogen-bond donors (Lipinski definition) is 3. The van der Waals surface area contributed by atoms with Crippen LogP contribution in [0.4, 0.5) is 5.95 Å². The lowest BCUT2D eigenvalue weighted by atomic mass is 9.81. The first-order valence-electron chi connectivity index (χ1n) is 13.6. The Labute approximate surface area is 207 Å². The molecule has 1 amide bonds. The van der Waals surface area contributed by atoms with Gasteiger partial charge in [0.15, 0.2) is 0 Å². The Balaban J connectivity index is 1.10. The molecule has 1 saturated carbocycles. The van der Waals surface area contributed by atoms with Crippen LogP contribution in [0.15, 0.2) is 30.3 Å². The lowest BCUT2D eigenvalue weighted by molar-refractivity contribution is -0.121. The summed E-state index contributed by atoms with van der Waals surface area (Å²) in [6.45, 7) is 4.06. The monoisotopic (exact) mass is 478 g/mol. The number of carbonyl (C=O) groups is 1. The van der Waals surface area contributed by atoms with Crippen molar-refractivity contribution in [1.82, 2.24) is 35.7 Å². The molecule has 9 nitrogen and oxygen atoms in total. The van der Waals surface area contributed by atoms with Crippen molar-refractivity contribution in [2.24, 2.45) is 5.92 Å². The van der Waals surface area contributed by atoms with E-state index in [1.54, 1.807) is 0 Å². The molecule has 0 bridgehead atoms. The van der Waals surface area contributed by atoms with Gasteiger partial charge in [-0.05, 0) is 50.8 Å². The van der Waals surface area contributed by atoms with E-state index in [-0.39, 0.29) is 18.2 Å². The third-order valence-corrected chi connectivity index (χ3v) is 8.25. The lowest BCUT2D eigenvalue weighted by Gasteiger charge is -2.44. The standard InChI is InChI=1S/C26H38N8O/c35-23(27-15-18-32-16-6-7-17-32)14-8-13-22-29-30-26-33(22)21-12-5-4-11-20(21)25-28-24(31-34(25)26)19-9-2-1-3-10-19/h1-3,9-10,20-21,24-25,28,31H,4-8,11-18H2,(H,27,35). The third kappa shape index (κ3) is 4.69. The van der Waals surface area contributed by atoms with Gasteiger partial charge < -0.3 is 10.2 Å². The number of fused-ring (bicyclic) bond motifs is 6. The summed E-state index contributed by atoms with van der Waals surface area (Å²) in [5, 5.41) is 18.4. The molecule has 4 heterocycles. The first-order chi connectivity index (χ1) is 17.3. The number of carbonyl (C=O) groups excluding carboxylic acids is 1. The predicted molar refractivity (Wildman–Crippen MR) is 134 cm³/mol. The normalized spacial score (nSPS) is 27.9. The molecule has 35 heavy (non-hydrogen) atoms. The average Bonchev–Trinajstić information content (AvgIpc) is 3.65. The molecular formula is C26H38N8O. The van der Waals surface area contributed by atoms with E-state index in [4.69, 9.17) is 0 Å². The van der Waals surface area contributed by atoms with Crippen molar-refractivity contribution < 1.29 is 4.79 Å². The number of aryl methyl sites for hydroxylation is 1. The molecular weight excluding hydrogens is 440 g/mol. The molecule has 1 aromatic heterocycles. The van der Waals surface area contributed by atoms with Gasteiger partial charge >= 0.3 is 0 Å². The topological polar surface area (TPSA) is 90.3 Å². The molecule has 4 unspecified atom stereocenters. The van der Waals surface area contributed by atoms with Crippen LogP contribution in [0.5, 0.6) is 0 Å². The van der Waals surface area contributed by atoms with Gasteiger partial charge in [0.1, 0.15) is 18.2 Å². The fourth-order valence-corrected chi connectivity index (χ4v) is 6.49. The summed E-state index contributed by atoms with van der Waals surface area (Å²) in [7, 11) is 0. The molecule has 3 N–H and O–H groups in total. The van der Waals surface area contributed by atoms with Crippen LogP contribution in [0.1, 0.15) is 75.0 Å². The summed E-state index contributed by atoms with van der Waals surface area (Å²) in [6, 6.07) is 11.0. The summed E-state index contributed by atoms with van der Waals surface area (Å²) < 4.78 is 2.38. The van der Waals surface area contributed by atoms with Gasteiger partial charge in [0.05, 0.1) is 0 Å². The van der Waals surface area contributed by atoms with Crippen LogP contribution in [0, 0.1) is 5.92 Å². The van der Waals surface area contributed by atoms with Crippen molar-refractivity contribution in [3.63, 3.8) is 0 Å². The molecule has 4 atom stereocenters. The van der Waals surface area contributed by atoms with Gasteiger partial charge in [-0.15, -0.1) is 10.2 Å². The average molecular weight is 479 g/mol. The number of nitrogens with one attached hydrogen (secondary N) is 3. The number of benzene rings is 1. The highest BCUT2D eigenvalue weighted by atomic mass is 16.1. The van der Waals surface area contributed by atoms with Crippen molar-refractivity contribution in [2.45, 2.75) is 76.2 Å². The zero-order valence-corrected chi connectivity index (χ0v) is 20.5. The molecule has 2 aromatic rings. The third-order valence-electron chi connectivity index (χ3n) is 8.25. The number of anilines is 1.